The molecule has 276 valence electrons. The molecule has 59 heavy (non-hydrogen) atoms. The number of hydrogen-bond acceptors (Lipinski definition) is 5. The van der Waals surface area contributed by atoms with E-state index in [-0.39, 0.29) is 0 Å². The molecule has 0 fully saturated rings. The van der Waals surface area contributed by atoms with Crippen LogP contribution in [0.15, 0.2) is 209 Å². The summed E-state index contributed by atoms with van der Waals surface area (Å²) in [5, 5.41) is 9.41. The molecule has 3 heterocycles. The number of benzene rings is 9. The van der Waals surface area contributed by atoms with Gasteiger partial charge in [-0.2, -0.15) is 0 Å². The standard InChI is InChI=1S/C54H33N3O2/c1-2-8-37-29-38(14-13-34(37)7-1)39-21-27-45-40(30-39)15-16-41-31-44(26-28-46(41)45)57(43-24-19-36(20-25-43)54-56-49-10-4-6-12-52(49)59-54)42-22-17-35(18-23-42)50-32-53-48(33-55-50)47-9-3-5-11-51(47)58-53/h1-33H. The summed E-state index contributed by atoms with van der Waals surface area (Å²) in [5.41, 5.74) is 11.6. The van der Waals surface area contributed by atoms with Crippen LogP contribution in [0, 0.1) is 0 Å². The summed E-state index contributed by atoms with van der Waals surface area (Å²) in [6.07, 6.45) is 1.91. The van der Waals surface area contributed by atoms with Gasteiger partial charge in [-0.15, -0.1) is 0 Å². The zero-order valence-corrected chi connectivity index (χ0v) is 31.7. The number of para-hydroxylation sites is 3. The SMILES string of the molecule is c1ccc2cc(-c3ccc4c(ccc5cc(N(c6ccc(-c7cc8oc9ccccc9c8cn7)cc6)c6ccc(-c7nc8ccccc8o7)cc6)ccc54)c3)ccc2c1. The van der Waals surface area contributed by atoms with Crippen LogP contribution in [0.2, 0.25) is 0 Å². The first-order valence-corrected chi connectivity index (χ1v) is 19.8. The van der Waals surface area contributed by atoms with Gasteiger partial charge in [0, 0.05) is 51.2 Å². The van der Waals surface area contributed by atoms with Crippen molar-refractivity contribution in [2.45, 2.75) is 0 Å². The van der Waals surface area contributed by atoms with Crippen LogP contribution in [0.1, 0.15) is 0 Å². The first-order valence-electron chi connectivity index (χ1n) is 19.8. The number of furan rings is 1. The van der Waals surface area contributed by atoms with Crippen LogP contribution in [-0.4, -0.2) is 9.97 Å². The maximum atomic E-state index is 6.19. The number of rotatable bonds is 6. The third-order valence-electron chi connectivity index (χ3n) is 11.5. The Balaban J connectivity index is 0.929. The van der Waals surface area contributed by atoms with Crippen molar-refractivity contribution in [1.82, 2.24) is 9.97 Å². The first-order chi connectivity index (χ1) is 29.2. The number of aromatic nitrogens is 2. The molecule has 0 aliphatic carbocycles. The summed E-state index contributed by atoms with van der Waals surface area (Å²) in [6, 6.07) is 68.3. The fraction of sp³-hybridized carbons (Fsp3) is 0. The fourth-order valence-corrected chi connectivity index (χ4v) is 8.50. The second-order valence-corrected chi connectivity index (χ2v) is 15.0. The average Bonchev–Trinajstić information content (AvgIpc) is 3.91. The molecule has 5 heteroatoms. The summed E-state index contributed by atoms with van der Waals surface area (Å²) in [4.78, 5) is 11.9. The predicted molar refractivity (Wildman–Crippen MR) is 243 cm³/mol. The van der Waals surface area contributed by atoms with E-state index < -0.39 is 0 Å². The van der Waals surface area contributed by atoms with E-state index in [0.717, 1.165) is 66.9 Å². The minimum absolute atomic E-state index is 0.601. The van der Waals surface area contributed by atoms with Crippen molar-refractivity contribution < 1.29 is 8.83 Å². The normalized spacial score (nSPS) is 11.7. The van der Waals surface area contributed by atoms with Gasteiger partial charge in [0.2, 0.25) is 5.89 Å². The Kier molecular flexibility index (Phi) is 7.47. The molecule has 9 aromatic carbocycles. The highest BCUT2D eigenvalue weighted by Crippen LogP contribution is 2.40. The van der Waals surface area contributed by atoms with Crippen molar-refractivity contribution in [2.24, 2.45) is 0 Å². The summed E-state index contributed by atoms with van der Waals surface area (Å²) >= 11 is 0. The monoisotopic (exact) mass is 755 g/mol. The zero-order valence-electron chi connectivity index (χ0n) is 31.7. The minimum Gasteiger partial charge on any atom is -0.456 e. The molecule has 0 amide bonds. The summed E-state index contributed by atoms with van der Waals surface area (Å²) in [6.45, 7) is 0. The van der Waals surface area contributed by atoms with E-state index in [2.05, 4.69) is 150 Å². The number of fused-ring (bicyclic) bond motifs is 8. The van der Waals surface area contributed by atoms with Crippen molar-refractivity contribution in [3.63, 3.8) is 0 Å². The molecule has 0 unspecified atom stereocenters. The maximum Gasteiger partial charge on any atom is 0.227 e. The van der Waals surface area contributed by atoms with E-state index in [1.54, 1.807) is 0 Å². The third-order valence-corrected chi connectivity index (χ3v) is 11.5. The molecule has 0 spiro atoms. The lowest BCUT2D eigenvalue weighted by atomic mass is 9.96. The van der Waals surface area contributed by atoms with Crippen molar-refractivity contribution in [1.29, 1.82) is 0 Å². The number of nitrogens with zero attached hydrogens (tertiary/aromatic N) is 3. The van der Waals surface area contributed by atoms with E-state index in [9.17, 15) is 0 Å². The maximum absolute atomic E-state index is 6.19. The number of anilines is 3. The molecule has 3 aromatic heterocycles. The largest absolute Gasteiger partial charge is 0.456 e. The Labute approximate surface area is 339 Å². The molecule has 0 saturated carbocycles. The molecular weight excluding hydrogens is 723 g/mol. The van der Waals surface area contributed by atoms with Gasteiger partial charge in [-0.25, -0.2) is 4.98 Å². The number of pyridine rings is 1. The molecule has 12 rings (SSSR count). The lowest BCUT2D eigenvalue weighted by molar-refractivity contribution is 0.620. The van der Waals surface area contributed by atoms with Gasteiger partial charge in [0.05, 0.1) is 5.69 Å². The van der Waals surface area contributed by atoms with Gasteiger partial charge < -0.3 is 13.7 Å². The van der Waals surface area contributed by atoms with Crippen LogP contribution >= 0.6 is 0 Å². The van der Waals surface area contributed by atoms with E-state index in [1.807, 2.05) is 54.7 Å². The lowest BCUT2D eigenvalue weighted by Crippen LogP contribution is -2.10. The van der Waals surface area contributed by atoms with Crippen molar-refractivity contribution >= 4 is 82.4 Å². The zero-order chi connectivity index (χ0) is 38.9. The molecule has 0 atom stereocenters. The summed E-state index contributed by atoms with van der Waals surface area (Å²) in [7, 11) is 0. The first kappa shape index (κ1) is 33.2. The third kappa shape index (κ3) is 5.71. The molecule has 0 aliphatic heterocycles. The van der Waals surface area contributed by atoms with Gasteiger partial charge in [0.25, 0.3) is 0 Å². The van der Waals surface area contributed by atoms with Crippen LogP contribution in [0.4, 0.5) is 17.1 Å². The Morgan fingerprint density at radius 3 is 1.75 bits per heavy atom. The smallest absolute Gasteiger partial charge is 0.227 e. The van der Waals surface area contributed by atoms with E-state index in [1.165, 1.54) is 43.4 Å². The second-order valence-electron chi connectivity index (χ2n) is 15.0. The molecule has 0 N–H and O–H groups in total. The van der Waals surface area contributed by atoms with Crippen molar-refractivity contribution in [2.75, 3.05) is 4.90 Å². The Morgan fingerprint density at radius 1 is 0.356 bits per heavy atom. The van der Waals surface area contributed by atoms with Crippen LogP contribution in [-0.2, 0) is 0 Å². The minimum atomic E-state index is 0.601. The van der Waals surface area contributed by atoms with E-state index in [4.69, 9.17) is 18.8 Å². The average molecular weight is 756 g/mol. The van der Waals surface area contributed by atoms with Gasteiger partial charge in [-0.1, -0.05) is 109 Å². The Bertz CT molecular complexity index is 3530. The summed E-state index contributed by atoms with van der Waals surface area (Å²) in [5.74, 6) is 0.601. The Morgan fingerprint density at radius 2 is 0.949 bits per heavy atom. The Hall–Kier alpha value is -8.02. The quantitative estimate of drug-likeness (QED) is 0.158. The van der Waals surface area contributed by atoms with Crippen molar-refractivity contribution in [3.05, 3.63) is 200 Å². The molecule has 5 nitrogen and oxygen atoms in total. The second kappa shape index (κ2) is 13.3. The highest BCUT2D eigenvalue weighted by atomic mass is 16.3. The molecule has 0 aliphatic rings. The topological polar surface area (TPSA) is 55.3 Å². The fourth-order valence-electron chi connectivity index (χ4n) is 8.50. The van der Waals surface area contributed by atoms with Crippen molar-refractivity contribution in [3.8, 4) is 33.8 Å². The van der Waals surface area contributed by atoms with Gasteiger partial charge in [0.15, 0.2) is 5.58 Å². The van der Waals surface area contributed by atoms with Crippen LogP contribution in [0.3, 0.4) is 0 Å². The van der Waals surface area contributed by atoms with Gasteiger partial charge >= 0.3 is 0 Å². The van der Waals surface area contributed by atoms with Gasteiger partial charge in [-0.3, -0.25) is 4.98 Å². The highest BCUT2D eigenvalue weighted by molar-refractivity contribution is 6.10. The lowest BCUT2D eigenvalue weighted by Gasteiger charge is -2.26. The molecule has 0 saturated heterocycles. The van der Waals surface area contributed by atoms with Crippen LogP contribution < -0.4 is 4.90 Å². The van der Waals surface area contributed by atoms with Crippen LogP contribution in [0.5, 0.6) is 0 Å². The summed E-state index contributed by atoms with van der Waals surface area (Å²) < 4.78 is 12.3. The van der Waals surface area contributed by atoms with Crippen LogP contribution in [0.25, 0.3) is 99.2 Å². The van der Waals surface area contributed by atoms with Gasteiger partial charge in [0.1, 0.15) is 16.7 Å². The van der Waals surface area contributed by atoms with Gasteiger partial charge in [-0.05, 0) is 122 Å². The molecule has 0 bridgehead atoms. The highest BCUT2D eigenvalue weighted by Gasteiger charge is 2.17. The molecule has 12 aromatic rings. The molecular formula is C54H33N3O2. The molecule has 0 radical (unpaired) electrons. The number of hydrogen-bond donors (Lipinski definition) is 0. The number of oxazole rings is 1. The van der Waals surface area contributed by atoms with E-state index >= 15 is 0 Å². The predicted octanol–water partition coefficient (Wildman–Crippen LogP) is 15.1. The van der Waals surface area contributed by atoms with E-state index in [0.29, 0.717) is 5.89 Å².